The molecule has 0 saturated carbocycles. The summed E-state index contributed by atoms with van der Waals surface area (Å²) in [5, 5.41) is 2.41. The van der Waals surface area contributed by atoms with Crippen molar-refractivity contribution >= 4 is 40.4 Å². The Kier molecular flexibility index (Phi) is 5.44. The Balaban J connectivity index is 2.08. The average molecular weight is 378 g/mol. The number of benzene rings is 1. The van der Waals surface area contributed by atoms with Crippen LogP contribution in [0.2, 0.25) is 0 Å². The summed E-state index contributed by atoms with van der Waals surface area (Å²) in [4.78, 5) is 25.6. The van der Waals surface area contributed by atoms with Crippen molar-refractivity contribution in [3.05, 3.63) is 29.8 Å². The standard InChI is InChI=1S/C15H17F3N2O2S2/c1-14(2,3)19-13(22)24-12-11(21)20(8-23-12)10-6-4-5-9(7-10)15(16,17)18/h4-7,12H,8H2,1-3H3,(H,19,22). The fourth-order valence-corrected chi connectivity index (χ4v) is 4.31. The Bertz CT molecular complexity index is 644. The Morgan fingerprint density at radius 1 is 1.33 bits per heavy atom. The fraction of sp³-hybridized carbons (Fsp3) is 0.467. The van der Waals surface area contributed by atoms with Crippen LogP contribution in [0.15, 0.2) is 24.3 Å². The number of hydrogen-bond donors (Lipinski definition) is 1. The van der Waals surface area contributed by atoms with E-state index in [1.807, 2.05) is 20.8 Å². The number of carbonyl (C=O) groups excluding carboxylic acids is 2. The molecule has 132 valence electrons. The van der Waals surface area contributed by atoms with Crippen molar-refractivity contribution in [3.8, 4) is 0 Å². The zero-order valence-electron chi connectivity index (χ0n) is 13.3. The van der Waals surface area contributed by atoms with Gasteiger partial charge in [-0.1, -0.05) is 6.07 Å². The molecule has 2 amide bonds. The highest BCUT2D eigenvalue weighted by Crippen LogP contribution is 2.38. The van der Waals surface area contributed by atoms with Crippen molar-refractivity contribution in [3.63, 3.8) is 0 Å². The third-order valence-corrected chi connectivity index (χ3v) is 5.34. The van der Waals surface area contributed by atoms with Gasteiger partial charge in [0.1, 0.15) is 4.58 Å². The number of anilines is 1. The maximum atomic E-state index is 12.8. The predicted octanol–water partition coefficient (Wildman–Crippen LogP) is 4.31. The first-order valence-corrected chi connectivity index (χ1v) is 8.99. The van der Waals surface area contributed by atoms with Gasteiger partial charge in [0.05, 0.1) is 11.4 Å². The van der Waals surface area contributed by atoms with Crippen LogP contribution in [0.25, 0.3) is 0 Å². The Morgan fingerprint density at radius 3 is 2.58 bits per heavy atom. The van der Waals surface area contributed by atoms with Gasteiger partial charge in [0.15, 0.2) is 0 Å². The molecule has 1 heterocycles. The summed E-state index contributed by atoms with van der Waals surface area (Å²) < 4.78 is 37.7. The van der Waals surface area contributed by atoms with Crippen LogP contribution in [0.1, 0.15) is 26.3 Å². The van der Waals surface area contributed by atoms with Gasteiger partial charge in [-0.25, -0.2) is 0 Å². The van der Waals surface area contributed by atoms with Crippen LogP contribution in [-0.4, -0.2) is 27.1 Å². The number of halogens is 3. The predicted molar refractivity (Wildman–Crippen MR) is 91.1 cm³/mol. The molecule has 1 saturated heterocycles. The normalized spacial score (nSPS) is 18.8. The number of rotatable bonds is 2. The van der Waals surface area contributed by atoms with E-state index in [1.165, 1.54) is 28.8 Å². The van der Waals surface area contributed by atoms with Crippen molar-refractivity contribution in [2.75, 3.05) is 10.8 Å². The lowest BCUT2D eigenvalue weighted by Gasteiger charge is -2.21. The zero-order valence-corrected chi connectivity index (χ0v) is 14.9. The smallest absolute Gasteiger partial charge is 0.342 e. The number of hydrogen-bond acceptors (Lipinski definition) is 4. The molecule has 1 atom stereocenters. The molecule has 1 N–H and O–H groups in total. The molecule has 9 heteroatoms. The summed E-state index contributed by atoms with van der Waals surface area (Å²) in [6.45, 7) is 5.47. The maximum absolute atomic E-state index is 12.8. The van der Waals surface area contributed by atoms with Crippen molar-refractivity contribution in [1.29, 1.82) is 0 Å². The molecular weight excluding hydrogens is 361 g/mol. The summed E-state index contributed by atoms with van der Waals surface area (Å²) in [5.41, 5.74) is -1.04. The summed E-state index contributed by atoms with van der Waals surface area (Å²) in [6, 6.07) is 4.62. The Hall–Kier alpha value is -1.35. The molecule has 1 aliphatic heterocycles. The molecule has 2 rings (SSSR count). The van der Waals surface area contributed by atoms with Crippen LogP contribution in [0.5, 0.6) is 0 Å². The van der Waals surface area contributed by atoms with E-state index in [0.29, 0.717) is 0 Å². The van der Waals surface area contributed by atoms with Crippen molar-refractivity contribution in [2.45, 2.75) is 37.1 Å². The third-order valence-electron chi connectivity index (χ3n) is 3.00. The van der Waals surface area contributed by atoms with Crippen molar-refractivity contribution < 1.29 is 22.8 Å². The van der Waals surface area contributed by atoms with E-state index in [9.17, 15) is 22.8 Å². The molecule has 24 heavy (non-hydrogen) atoms. The van der Waals surface area contributed by atoms with E-state index in [4.69, 9.17) is 0 Å². The van der Waals surface area contributed by atoms with E-state index in [-0.39, 0.29) is 22.7 Å². The molecule has 1 unspecified atom stereocenters. The van der Waals surface area contributed by atoms with Gasteiger partial charge in [-0.3, -0.25) is 9.59 Å². The summed E-state index contributed by atoms with van der Waals surface area (Å²) in [5.74, 6) is -0.172. The number of carbonyl (C=O) groups is 2. The quantitative estimate of drug-likeness (QED) is 0.833. The molecule has 1 fully saturated rings. The van der Waals surface area contributed by atoms with Gasteiger partial charge in [-0.15, -0.1) is 11.8 Å². The SMILES string of the molecule is CC(C)(C)NC(=O)SC1SCN(c2cccc(C(F)(F)F)c2)C1=O. The van der Waals surface area contributed by atoms with E-state index >= 15 is 0 Å². The lowest BCUT2D eigenvalue weighted by atomic mass is 10.1. The monoisotopic (exact) mass is 378 g/mol. The summed E-state index contributed by atoms with van der Waals surface area (Å²) >= 11 is 2.07. The third kappa shape index (κ3) is 4.83. The van der Waals surface area contributed by atoms with Crippen LogP contribution in [0, 0.1) is 0 Å². The molecule has 0 bridgehead atoms. The first kappa shape index (κ1) is 19.0. The molecule has 4 nitrogen and oxygen atoms in total. The van der Waals surface area contributed by atoms with Crippen LogP contribution in [-0.2, 0) is 11.0 Å². The highest BCUT2D eigenvalue weighted by molar-refractivity contribution is 8.26. The van der Waals surface area contributed by atoms with E-state index in [2.05, 4.69) is 5.32 Å². The number of thioether (sulfide) groups is 2. The maximum Gasteiger partial charge on any atom is 0.416 e. The zero-order chi connectivity index (χ0) is 18.1. The van der Waals surface area contributed by atoms with Crippen molar-refractivity contribution in [2.24, 2.45) is 0 Å². The molecular formula is C15H17F3N2O2S2. The minimum Gasteiger partial charge on any atom is -0.342 e. The summed E-state index contributed by atoms with van der Waals surface area (Å²) in [6.07, 6.45) is -4.47. The second kappa shape index (κ2) is 6.87. The van der Waals surface area contributed by atoms with Crippen molar-refractivity contribution in [1.82, 2.24) is 5.32 Å². The van der Waals surface area contributed by atoms with Gasteiger partial charge < -0.3 is 10.2 Å². The molecule has 0 spiro atoms. The average Bonchev–Trinajstić information content (AvgIpc) is 2.77. The number of nitrogens with one attached hydrogen (secondary N) is 1. The Labute approximate surface area is 146 Å². The van der Waals surface area contributed by atoms with Crippen LogP contribution in [0.4, 0.5) is 23.7 Å². The molecule has 1 aromatic rings. The lowest BCUT2D eigenvalue weighted by Crippen LogP contribution is -2.39. The molecule has 0 radical (unpaired) electrons. The minimum atomic E-state index is -4.47. The topological polar surface area (TPSA) is 49.4 Å². The second-order valence-corrected chi connectivity index (χ2v) is 8.66. The van der Waals surface area contributed by atoms with Crippen LogP contribution in [0.3, 0.4) is 0 Å². The number of nitrogens with zero attached hydrogens (tertiary/aromatic N) is 1. The van der Waals surface area contributed by atoms with E-state index in [1.54, 1.807) is 0 Å². The molecule has 1 aromatic carbocycles. The Morgan fingerprint density at radius 2 is 2.00 bits per heavy atom. The van der Waals surface area contributed by atoms with Gasteiger partial charge >= 0.3 is 6.18 Å². The largest absolute Gasteiger partial charge is 0.416 e. The molecule has 0 aliphatic carbocycles. The highest BCUT2D eigenvalue weighted by atomic mass is 32.2. The molecule has 0 aromatic heterocycles. The van der Waals surface area contributed by atoms with Gasteiger partial charge in [-0.2, -0.15) is 13.2 Å². The van der Waals surface area contributed by atoms with Crippen LogP contribution >= 0.6 is 23.5 Å². The lowest BCUT2D eigenvalue weighted by molar-refractivity contribution is -0.137. The highest BCUT2D eigenvalue weighted by Gasteiger charge is 2.37. The van der Waals surface area contributed by atoms with Crippen LogP contribution < -0.4 is 10.2 Å². The van der Waals surface area contributed by atoms with Gasteiger partial charge in [0, 0.05) is 11.2 Å². The van der Waals surface area contributed by atoms with E-state index in [0.717, 1.165) is 23.9 Å². The summed E-state index contributed by atoms with van der Waals surface area (Å²) in [7, 11) is 0. The first-order chi connectivity index (χ1) is 11.0. The van der Waals surface area contributed by atoms with Gasteiger partial charge in [0.2, 0.25) is 0 Å². The number of amides is 2. The van der Waals surface area contributed by atoms with Gasteiger partial charge in [0.25, 0.3) is 11.1 Å². The van der Waals surface area contributed by atoms with E-state index < -0.39 is 21.9 Å². The minimum absolute atomic E-state index is 0.182. The van der Waals surface area contributed by atoms with Gasteiger partial charge in [-0.05, 0) is 50.7 Å². The number of alkyl halides is 3. The first-order valence-electron chi connectivity index (χ1n) is 7.06. The molecule has 1 aliphatic rings. The fourth-order valence-electron chi connectivity index (χ4n) is 1.97. The second-order valence-electron chi connectivity index (χ2n) is 6.22.